The van der Waals surface area contributed by atoms with Crippen molar-refractivity contribution in [3.8, 4) is 11.5 Å². The minimum atomic E-state index is -0.439. The number of thioether (sulfide) groups is 1. The lowest BCUT2D eigenvalue weighted by molar-refractivity contribution is -0.145. The van der Waals surface area contributed by atoms with E-state index in [4.69, 9.17) is 19.2 Å². The van der Waals surface area contributed by atoms with Crippen LogP contribution in [-0.2, 0) is 14.3 Å². The van der Waals surface area contributed by atoms with Crippen molar-refractivity contribution < 1.29 is 23.8 Å². The van der Waals surface area contributed by atoms with Crippen molar-refractivity contribution in [2.45, 2.75) is 52.5 Å². The molecule has 1 saturated carbocycles. The Labute approximate surface area is 222 Å². The molecule has 1 amide bonds. The van der Waals surface area contributed by atoms with Gasteiger partial charge in [0.25, 0.3) is 5.91 Å². The second-order valence-electron chi connectivity index (χ2n) is 9.08. The third-order valence-electron chi connectivity index (χ3n) is 6.43. The Bertz CT molecular complexity index is 1160. The van der Waals surface area contributed by atoms with Crippen molar-refractivity contribution in [3.63, 3.8) is 0 Å². The van der Waals surface area contributed by atoms with E-state index in [2.05, 4.69) is 6.92 Å². The van der Waals surface area contributed by atoms with Gasteiger partial charge in [-0.1, -0.05) is 44.0 Å². The molecule has 0 radical (unpaired) electrons. The third-order valence-corrected chi connectivity index (χ3v) is 7.41. The lowest BCUT2D eigenvalue weighted by atomic mass is 9.85. The molecule has 1 aliphatic heterocycles. The molecular weight excluding hydrogens is 488 g/mol. The Hall–Kier alpha value is -3.26. The van der Waals surface area contributed by atoms with Crippen molar-refractivity contribution in [2.24, 2.45) is 10.9 Å². The number of benzene rings is 2. The van der Waals surface area contributed by atoms with Gasteiger partial charge in [-0.05, 0) is 80.3 Å². The molecule has 2 fully saturated rings. The fourth-order valence-corrected chi connectivity index (χ4v) is 5.69. The highest BCUT2D eigenvalue weighted by molar-refractivity contribution is 8.18. The zero-order valence-corrected chi connectivity index (χ0v) is 22.5. The summed E-state index contributed by atoms with van der Waals surface area (Å²) in [7, 11) is 0. The first-order valence-corrected chi connectivity index (χ1v) is 13.7. The van der Waals surface area contributed by atoms with E-state index in [1.54, 1.807) is 13.0 Å². The monoisotopic (exact) mass is 522 g/mol. The number of para-hydroxylation sites is 1. The van der Waals surface area contributed by atoms with Crippen LogP contribution in [0.15, 0.2) is 58.4 Å². The number of ether oxygens (including phenoxy) is 3. The van der Waals surface area contributed by atoms with Gasteiger partial charge in [0.2, 0.25) is 0 Å². The number of aliphatic imine (C=N–C) groups is 1. The maximum atomic E-state index is 13.7. The maximum absolute atomic E-state index is 13.7. The minimum absolute atomic E-state index is 0.0148. The Balaban J connectivity index is 1.63. The number of rotatable bonds is 9. The minimum Gasteiger partial charge on any atom is -0.490 e. The molecule has 2 aromatic rings. The average Bonchev–Trinajstić information content (AvgIpc) is 3.19. The van der Waals surface area contributed by atoms with E-state index in [9.17, 15) is 9.59 Å². The van der Waals surface area contributed by atoms with Crippen LogP contribution in [0, 0.1) is 5.92 Å². The molecule has 2 atom stereocenters. The molecule has 7 nitrogen and oxygen atoms in total. The van der Waals surface area contributed by atoms with Gasteiger partial charge in [0, 0.05) is 6.04 Å². The van der Waals surface area contributed by atoms with E-state index in [-0.39, 0.29) is 18.6 Å². The summed E-state index contributed by atoms with van der Waals surface area (Å²) in [4.78, 5) is 32.8. The van der Waals surface area contributed by atoms with Crippen LogP contribution in [0.2, 0.25) is 0 Å². The molecular formula is C29H34N2O5S. The molecule has 2 aliphatic rings. The molecule has 0 unspecified atom stereocenters. The lowest BCUT2D eigenvalue weighted by Gasteiger charge is -2.35. The highest BCUT2D eigenvalue weighted by Crippen LogP contribution is 2.40. The molecule has 4 rings (SSSR count). The van der Waals surface area contributed by atoms with Gasteiger partial charge in [0.15, 0.2) is 23.3 Å². The normalized spacial score (nSPS) is 21.9. The van der Waals surface area contributed by atoms with E-state index in [1.165, 1.54) is 18.2 Å². The van der Waals surface area contributed by atoms with Crippen molar-refractivity contribution in [1.82, 2.24) is 4.90 Å². The van der Waals surface area contributed by atoms with Crippen LogP contribution in [-0.4, -0.2) is 47.8 Å². The second-order valence-corrected chi connectivity index (χ2v) is 10.1. The quantitative estimate of drug-likeness (QED) is 0.288. The highest BCUT2D eigenvalue weighted by atomic mass is 32.2. The van der Waals surface area contributed by atoms with Gasteiger partial charge < -0.3 is 14.2 Å². The summed E-state index contributed by atoms with van der Waals surface area (Å²) in [5.74, 6) is 0.920. The Morgan fingerprint density at radius 3 is 2.57 bits per heavy atom. The second kappa shape index (κ2) is 12.8. The standard InChI is InChI=1S/C29H34N2O5S/c1-4-34-25-17-21(15-16-24(25)36-19-27(32)35-5-2)18-26-28(33)31(23-14-10-9-11-20(23)3)29(37-26)30-22-12-7-6-8-13-22/h6-8,12-13,15-18,20,23H,4-5,9-11,14,19H2,1-3H3/b26-18-,30-29?/t20-,23+/m1/s1. The van der Waals surface area contributed by atoms with Gasteiger partial charge >= 0.3 is 5.97 Å². The lowest BCUT2D eigenvalue weighted by Crippen LogP contribution is -2.44. The van der Waals surface area contributed by atoms with E-state index in [0.29, 0.717) is 35.5 Å². The number of amides is 1. The first-order chi connectivity index (χ1) is 18.0. The summed E-state index contributed by atoms with van der Waals surface area (Å²) in [6.45, 7) is 6.39. The summed E-state index contributed by atoms with van der Waals surface area (Å²) in [5.41, 5.74) is 1.63. The molecule has 0 aromatic heterocycles. The molecule has 37 heavy (non-hydrogen) atoms. The van der Waals surface area contributed by atoms with Crippen LogP contribution in [0.1, 0.15) is 52.0 Å². The number of carbonyl (C=O) groups is 2. The fraction of sp³-hybridized carbons (Fsp3) is 0.414. The molecule has 8 heteroatoms. The maximum Gasteiger partial charge on any atom is 0.344 e. The number of hydrogen-bond acceptors (Lipinski definition) is 7. The number of amidine groups is 1. The van der Waals surface area contributed by atoms with Gasteiger partial charge in [-0.2, -0.15) is 0 Å². The topological polar surface area (TPSA) is 77.4 Å². The van der Waals surface area contributed by atoms with Crippen LogP contribution in [0.5, 0.6) is 11.5 Å². The van der Waals surface area contributed by atoms with E-state index in [1.807, 2.05) is 60.4 Å². The van der Waals surface area contributed by atoms with Crippen LogP contribution in [0.25, 0.3) is 6.08 Å². The van der Waals surface area contributed by atoms with Crippen LogP contribution < -0.4 is 9.47 Å². The van der Waals surface area contributed by atoms with E-state index >= 15 is 0 Å². The molecule has 2 aromatic carbocycles. The predicted molar refractivity (Wildman–Crippen MR) is 147 cm³/mol. The summed E-state index contributed by atoms with van der Waals surface area (Å²) in [6, 6.07) is 15.3. The largest absolute Gasteiger partial charge is 0.490 e. The zero-order chi connectivity index (χ0) is 26.2. The highest BCUT2D eigenvalue weighted by Gasteiger charge is 2.41. The van der Waals surface area contributed by atoms with Gasteiger partial charge in [-0.3, -0.25) is 9.69 Å². The van der Waals surface area contributed by atoms with E-state index < -0.39 is 5.97 Å². The first kappa shape index (κ1) is 26.8. The average molecular weight is 523 g/mol. The van der Waals surface area contributed by atoms with E-state index in [0.717, 1.165) is 35.7 Å². The predicted octanol–water partition coefficient (Wildman–Crippen LogP) is 6.21. The van der Waals surface area contributed by atoms with Crippen LogP contribution in [0.4, 0.5) is 5.69 Å². The molecule has 0 bridgehead atoms. The van der Waals surface area contributed by atoms with Gasteiger partial charge in [-0.25, -0.2) is 9.79 Å². The Morgan fingerprint density at radius 2 is 1.84 bits per heavy atom. The number of carbonyl (C=O) groups excluding carboxylic acids is 2. The van der Waals surface area contributed by atoms with Crippen molar-refractivity contribution in [1.29, 1.82) is 0 Å². The smallest absolute Gasteiger partial charge is 0.344 e. The van der Waals surface area contributed by atoms with Gasteiger partial charge in [0.05, 0.1) is 23.8 Å². The van der Waals surface area contributed by atoms with Gasteiger partial charge in [0.1, 0.15) is 0 Å². The van der Waals surface area contributed by atoms with Crippen LogP contribution >= 0.6 is 11.8 Å². The molecule has 1 aliphatic carbocycles. The number of nitrogens with zero attached hydrogens (tertiary/aromatic N) is 2. The third kappa shape index (κ3) is 6.74. The summed E-state index contributed by atoms with van der Waals surface area (Å²) < 4.78 is 16.3. The number of hydrogen-bond donors (Lipinski definition) is 0. The molecule has 0 spiro atoms. The molecule has 1 saturated heterocycles. The van der Waals surface area contributed by atoms with Crippen molar-refractivity contribution >= 4 is 40.6 Å². The summed E-state index contributed by atoms with van der Waals surface area (Å²) in [5, 5.41) is 0.723. The first-order valence-electron chi connectivity index (χ1n) is 12.9. The molecule has 0 N–H and O–H groups in total. The SMILES string of the molecule is CCOC(=O)COc1ccc(/C=C2\SC(=Nc3ccccc3)N([C@H]3CCCC[C@H]3C)C2=O)cc1OCC. The Morgan fingerprint density at radius 1 is 1.05 bits per heavy atom. The summed E-state index contributed by atoms with van der Waals surface area (Å²) >= 11 is 1.41. The van der Waals surface area contributed by atoms with Crippen molar-refractivity contribution in [2.75, 3.05) is 19.8 Å². The van der Waals surface area contributed by atoms with Crippen molar-refractivity contribution in [3.05, 3.63) is 59.0 Å². The van der Waals surface area contributed by atoms with Crippen LogP contribution in [0.3, 0.4) is 0 Å². The fourth-order valence-electron chi connectivity index (χ4n) is 4.64. The van der Waals surface area contributed by atoms with Gasteiger partial charge in [-0.15, -0.1) is 0 Å². The Kier molecular flexibility index (Phi) is 9.28. The molecule has 196 valence electrons. The molecule has 1 heterocycles. The zero-order valence-electron chi connectivity index (χ0n) is 21.6. The summed E-state index contributed by atoms with van der Waals surface area (Å²) in [6.07, 6.45) is 6.29. The number of esters is 1.